The smallest absolute Gasteiger partial charge is 0.340 e. The van der Waals surface area contributed by atoms with Crippen LogP contribution < -0.4 is 9.62 Å². The molecule has 1 amide bonds. The molecule has 2 aromatic carbocycles. The number of hydrogen-bond acceptors (Lipinski definition) is 5. The number of amides is 1. The number of ether oxygens (including phenoxy) is 1. The molecule has 2 rings (SSSR count). The number of hydrogen-bond donors (Lipinski definition) is 1. The number of nitrogens with one attached hydrogen (secondary N) is 1. The summed E-state index contributed by atoms with van der Waals surface area (Å²) in [6, 6.07) is 9.89. The average Bonchev–Trinajstić information content (AvgIpc) is 2.76. The Bertz CT molecular complexity index is 1090. The number of sulfonamides is 1. The third-order valence-corrected chi connectivity index (χ3v) is 6.88. The van der Waals surface area contributed by atoms with Crippen molar-refractivity contribution in [2.45, 2.75) is 31.2 Å². The van der Waals surface area contributed by atoms with Crippen molar-refractivity contribution >= 4 is 50.8 Å². The van der Waals surface area contributed by atoms with Crippen molar-refractivity contribution in [2.75, 3.05) is 17.5 Å². The summed E-state index contributed by atoms with van der Waals surface area (Å²) in [5.74, 6) is -1.37. The SMILES string of the molecule is C=CCN(c1ccc(Cl)cc1)S(=O)(=O)c1ccc(Cl)c(C(=O)OCC(=O)N[C@@H](C)CC)c1. The zero-order valence-electron chi connectivity index (χ0n) is 17.7. The minimum atomic E-state index is -4.08. The standard InChI is InChI=1S/C22H24Cl2N2O5S/c1-4-12-26(17-8-6-16(23)7-9-17)32(29,30)18-10-11-20(24)19(13-18)22(28)31-14-21(27)25-15(3)5-2/h4,6-11,13,15H,1,5,12,14H2,2-3H3,(H,25,27)/t15-/m0/s1. The second-order valence-corrected chi connectivity index (χ2v) is 9.60. The molecule has 0 aliphatic heterocycles. The molecule has 7 nitrogen and oxygen atoms in total. The first-order valence-electron chi connectivity index (χ1n) is 9.75. The lowest BCUT2D eigenvalue weighted by atomic mass is 10.2. The lowest BCUT2D eigenvalue weighted by Crippen LogP contribution is -2.35. The van der Waals surface area contributed by atoms with Crippen LogP contribution in [0.25, 0.3) is 0 Å². The summed E-state index contributed by atoms with van der Waals surface area (Å²) in [6.45, 7) is 6.82. The Kier molecular flexibility index (Phi) is 9.12. The molecule has 172 valence electrons. The van der Waals surface area contributed by atoms with Gasteiger partial charge in [0.1, 0.15) is 0 Å². The van der Waals surface area contributed by atoms with E-state index in [2.05, 4.69) is 11.9 Å². The van der Waals surface area contributed by atoms with E-state index in [4.69, 9.17) is 27.9 Å². The van der Waals surface area contributed by atoms with Gasteiger partial charge in [-0.05, 0) is 55.8 Å². The molecule has 0 saturated carbocycles. The van der Waals surface area contributed by atoms with Gasteiger partial charge >= 0.3 is 5.97 Å². The second kappa shape index (κ2) is 11.4. The Morgan fingerprint density at radius 2 is 1.84 bits per heavy atom. The highest BCUT2D eigenvalue weighted by Gasteiger charge is 2.26. The molecule has 10 heteroatoms. The summed E-state index contributed by atoms with van der Waals surface area (Å²) in [5, 5.41) is 3.12. The highest BCUT2D eigenvalue weighted by Crippen LogP contribution is 2.28. The molecule has 0 saturated heterocycles. The monoisotopic (exact) mass is 498 g/mol. The van der Waals surface area contributed by atoms with Crippen molar-refractivity contribution in [1.82, 2.24) is 5.32 Å². The van der Waals surface area contributed by atoms with Gasteiger partial charge in [0.2, 0.25) is 0 Å². The molecule has 0 spiro atoms. The van der Waals surface area contributed by atoms with Crippen LogP contribution in [0, 0.1) is 0 Å². The molecule has 0 aromatic heterocycles. The van der Waals surface area contributed by atoms with E-state index in [-0.39, 0.29) is 28.1 Å². The number of halogens is 2. The summed E-state index contributed by atoms with van der Waals surface area (Å²) in [6.07, 6.45) is 2.16. The third kappa shape index (κ3) is 6.48. The Morgan fingerprint density at radius 1 is 1.19 bits per heavy atom. The first-order chi connectivity index (χ1) is 15.1. The van der Waals surface area contributed by atoms with Gasteiger partial charge < -0.3 is 10.1 Å². The second-order valence-electron chi connectivity index (χ2n) is 6.90. The Morgan fingerprint density at radius 3 is 2.44 bits per heavy atom. The van der Waals surface area contributed by atoms with Gasteiger partial charge in [-0.15, -0.1) is 6.58 Å². The van der Waals surface area contributed by atoms with Gasteiger partial charge in [0.05, 0.1) is 27.7 Å². The minimum Gasteiger partial charge on any atom is -0.452 e. The zero-order valence-corrected chi connectivity index (χ0v) is 20.0. The van der Waals surface area contributed by atoms with Crippen LogP contribution in [0.15, 0.2) is 60.0 Å². The number of nitrogens with zero attached hydrogens (tertiary/aromatic N) is 1. The summed E-state index contributed by atoms with van der Waals surface area (Å²) in [4.78, 5) is 24.2. The van der Waals surface area contributed by atoms with E-state index in [9.17, 15) is 18.0 Å². The maximum atomic E-state index is 13.3. The van der Waals surface area contributed by atoms with Gasteiger partial charge in [-0.2, -0.15) is 0 Å². The minimum absolute atomic E-state index is 0.00181. The molecule has 0 aliphatic rings. The van der Waals surface area contributed by atoms with Gasteiger partial charge in [0.25, 0.3) is 15.9 Å². The van der Waals surface area contributed by atoms with Crippen molar-refractivity contribution < 1.29 is 22.7 Å². The number of carbonyl (C=O) groups is 2. The van der Waals surface area contributed by atoms with Crippen molar-refractivity contribution in [3.63, 3.8) is 0 Å². The number of anilines is 1. The molecule has 1 N–H and O–H groups in total. The lowest BCUT2D eigenvalue weighted by Gasteiger charge is -2.23. The topological polar surface area (TPSA) is 92.8 Å². The summed E-state index contributed by atoms with van der Waals surface area (Å²) < 4.78 is 32.7. The largest absolute Gasteiger partial charge is 0.452 e. The highest BCUT2D eigenvalue weighted by atomic mass is 35.5. The lowest BCUT2D eigenvalue weighted by molar-refractivity contribution is -0.124. The number of benzene rings is 2. The van der Waals surface area contributed by atoms with Crippen molar-refractivity contribution in [1.29, 1.82) is 0 Å². The quantitative estimate of drug-likeness (QED) is 0.385. The first-order valence-corrected chi connectivity index (χ1v) is 11.9. The molecule has 0 radical (unpaired) electrons. The molecule has 1 atom stereocenters. The fraction of sp³-hybridized carbons (Fsp3) is 0.273. The normalized spacial score (nSPS) is 12.0. The molecule has 0 bridgehead atoms. The van der Waals surface area contributed by atoms with Crippen LogP contribution in [0.4, 0.5) is 5.69 Å². The van der Waals surface area contributed by atoms with Crippen molar-refractivity contribution in [3.05, 3.63) is 70.7 Å². The average molecular weight is 499 g/mol. The van der Waals surface area contributed by atoms with Gasteiger partial charge in [0, 0.05) is 11.1 Å². The fourth-order valence-electron chi connectivity index (χ4n) is 2.64. The predicted molar refractivity (Wildman–Crippen MR) is 126 cm³/mol. The Hall–Kier alpha value is -2.55. The van der Waals surface area contributed by atoms with E-state index >= 15 is 0 Å². The van der Waals surface area contributed by atoms with E-state index in [1.54, 1.807) is 24.3 Å². The predicted octanol–water partition coefficient (Wildman–Crippen LogP) is 4.45. The summed E-state index contributed by atoms with van der Waals surface area (Å²) in [7, 11) is -4.08. The Balaban J connectivity index is 2.30. The molecule has 0 fully saturated rings. The maximum Gasteiger partial charge on any atom is 0.340 e. The van der Waals surface area contributed by atoms with E-state index in [0.717, 1.165) is 16.8 Å². The van der Waals surface area contributed by atoms with Crippen LogP contribution in [0.1, 0.15) is 30.6 Å². The van der Waals surface area contributed by atoms with Gasteiger partial charge in [0.15, 0.2) is 6.61 Å². The van der Waals surface area contributed by atoms with Crippen LogP contribution in [-0.2, 0) is 19.6 Å². The van der Waals surface area contributed by atoms with Crippen LogP contribution in [0.5, 0.6) is 0 Å². The molecule has 0 aliphatic carbocycles. The summed E-state index contributed by atoms with van der Waals surface area (Å²) in [5.41, 5.74) is 0.203. The van der Waals surface area contributed by atoms with Crippen LogP contribution in [0.2, 0.25) is 10.0 Å². The van der Waals surface area contributed by atoms with Crippen LogP contribution >= 0.6 is 23.2 Å². The summed E-state index contributed by atoms with van der Waals surface area (Å²) >= 11 is 12.0. The molecule has 0 heterocycles. The van der Waals surface area contributed by atoms with E-state index in [1.165, 1.54) is 18.2 Å². The van der Waals surface area contributed by atoms with E-state index < -0.39 is 28.5 Å². The van der Waals surface area contributed by atoms with Gasteiger partial charge in [-0.25, -0.2) is 13.2 Å². The van der Waals surface area contributed by atoms with Crippen molar-refractivity contribution in [2.24, 2.45) is 0 Å². The number of esters is 1. The van der Waals surface area contributed by atoms with Crippen LogP contribution in [0.3, 0.4) is 0 Å². The molecular weight excluding hydrogens is 475 g/mol. The highest BCUT2D eigenvalue weighted by molar-refractivity contribution is 7.92. The third-order valence-electron chi connectivity index (χ3n) is 4.51. The molecule has 2 aromatic rings. The molecular formula is C22H24Cl2N2O5S. The fourth-order valence-corrected chi connectivity index (χ4v) is 4.43. The van der Waals surface area contributed by atoms with Crippen LogP contribution in [-0.4, -0.2) is 39.5 Å². The van der Waals surface area contributed by atoms with E-state index in [0.29, 0.717) is 10.7 Å². The van der Waals surface area contributed by atoms with Crippen molar-refractivity contribution in [3.8, 4) is 0 Å². The molecule has 32 heavy (non-hydrogen) atoms. The maximum absolute atomic E-state index is 13.3. The first kappa shape index (κ1) is 25.7. The number of carbonyl (C=O) groups excluding carboxylic acids is 2. The van der Waals surface area contributed by atoms with Gasteiger partial charge in [-0.1, -0.05) is 36.2 Å². The van der Waals surface area contributed by atoms with E-state index in [1.807, 2.05) is 13.8 Å². The van der Waals surface area contributed by atoms with Gasteiger partial charge in [-0.3, -0.25) is 9.10 Å². The Labute approximate surface area is 198 Å². The zero-order chi connectivity index (χ0) is 23.9. The number of rotatable bonds is 10. The molecule has 0 unspecified atom stereocenters.